The number of aromatic nitrogens is 1. The molecule has 28 heavy (non-hydrogen) atoms. The molecule has 0 bridgehead atoms. The molecule has 1 atom stereocenters. The molecule has 1 aromatic heterocycles. The topological polar surface area (TPSA) is 78.3 Å². The van der Waals surface area contributed by atoms with Crippen molar-refractivity contribution in [3.8, 4) is 6.07 Å². The Morgan fingerprint density at radius 1 is 1.32 bits per heavy atom. The van der Waals surface area contributed by atoms with Gasteiger partial charge in [0.2, 0.25) is 0 Å². The smallest absolute Gasteiger partial charge is 0.256 e. The molecule has 144 valence electrons. The fraction of sp³-hybridized carbons (Fsp3) is 0.381. The zero-order chi connectivity index (χ0) is 19.5. The van der Waals surface area contributed by atoms with Crippen LogP contribution in [0.4, 0.5) is 15.9 Å². The molecule has 2 aliphatic heterocycles. The summed E-state index contributed by atoms with van der Waals surface area (Å²) in [6.07, 6.45) is 0.842. The lowest BCUT2D eigenvalue weighted by atomic mass is 10.0. The van der Waals surface area contributed by atoms with Crippen LogP contribution in [0.3, 0.4) is 0 Å². The fourth-order valence-corrected chi connectivity index (χ4v) is 3.70. The maximum atomic E-state index is 13.7. The highest BCUT2D eigenvalue weighted by atomic mass is 19.1. The Kier molecular flexibility index (Phi) is 5.22. The number of carbonyl (C=O) groups excluding carboxylic acids is 1. The minimum atomic E-state index is -0.866. The summed E-state index contributed by atoms with van der Waals surface area (Å²) in [6.45, 7) is 1.98. The first kappa shape index (κ1) is 18.4. The van der Waals surface area contributed by atoms with Crippen molar-refractivity contribution in [1.29, 1.82) is 5.26 Å². The van der Waals surface area contributed by atoms with Gasteiger partial charge in [-0.25, -0.2) is 9.37 Å². The third kappa shape index (κ3) is 3.82. The quantitative estimate of drug-likeness (QED) is 0.886. The number of alkyl halides is 1. The molecule has 4 rings (SSSR count). The van der Waals surface area contributed by atoms with Gasteiger partial charge in [-0.05, 0) is 42.7 Å². The van der Waals surface area contributed by atoms with Crippen molar-refractivity contribution in [3.05, 3.63) is 52.7 Å². The van der Waals surface area contributed by atoms with E-state index in [0.29, 0.717) is 68.2 Å². The van der Waals surface area contributed by atoms with Gasteiger partial charge in [-0.15, -0.1) is 0 Å². The zero-order valence-electron chi connectivity index (χ0n) is 15.4. The van der Waals surface area contributed by atoms with E-state index in [-0.39, 0.29) is 5.91 Å². The van der Waals surface area contributed by atoms with Crippen LogP contribution in [0, 0.1) is 11.3 Å². The number of rotatable bonds is 3. The number of hydrogen-bond donors (Lipinski definition) is 1. The van der Waals surface area contributed by atoms with E-state index in [2.05, 4.69) is 11.4 Å². The van der Waals surface area contributed by atoms with Gasteiger partial charge in [-0.3, -0.25) is 4.79 Å². The van der Waals surface area contributed by atoms with Crippen LogP contribution in [-0.4, -0.2) is 43.4 Å². The van der Waals surface area contributed by atoms with Gasteiger partial charge in [-0.2, -0.15) is 5.26 Å². The lowest BCUT2D eigenvalue weighted by Gasteiger charge is -2.20. The minimum absolute atomic E-state index is 0.257. The summed E-state index contributed by atoms with van der Waals surface area (Å²) in [4.78, 5) is 19.7. The monoisotopic (exact) mass is 380 g/mol. The number of fused-ring (bicyclic) bond motifs is 1. The van der Waals surface area contributed by atoms with Crippen molar-refractivity contribution in [2.45, 2.75) is 25.4 Å². The average molecular weight is 380 g/mol. The van der Waals surface area contributed by atoms with Crippen LogP contribution in [0.1, 0.15) is 33.6 Å². The van der Waals surface area contributed by atoms with Crippen molar-refractivity contribution in [2.75, 3.05) is 36.5 Å². The van der Waals surface area contributed by atoms with Gasteiger partial charge < -0.3 is 15.0 Å². The summed E-state index contributed by atoms with van der Waals surface area (Å²) in [7, 11) is 0. The summed E-state index contributed by atoms with van der Waals surface area (Å²) in [5, 5.41) is 11.9. The van der Waals surface area contributed by atoms with Gasteiger partial charge in [0.1, 0.15) is 12.0 Å². The van der Waals surface area contributed by atoms with Crippen LogP contribution >= 0.6 is 0 Å². The Morgan fingerprint density at radius 3 is 2.96 bits per heavy atom. The molecule has 2 aromatic rings. The van der Waals surface area contributed by atoms with E-state index in [1.807, 2.05) is 4.90 Å². The molecule has 2 aliphatic rings. The van der Waals surface area contributed by atoms with E-state index in [1.54, 1.807) is 30.3 Å². The number of benzene rings is 1. The van der Waals surface area contributed by atoms with Gasteiger partial charge in [0.25, 0.3) is 5.91 Å². The second kappa shape index (κ2) is 7.95. The third-order valence-electron chi connectivity index (χ3n) is 5.12. The first-order valence-corrected chi connectivity index (χ1v) is 9.45. The molecule has 0 unspecified atom stereocenters. The van der Waals surface area contributed by atoms with E-state index in [4.69, 9.17) is 15.0 Å². The number of nitrogens with one attached hydrogen (secondary N) is 1. The van der Waals surface area contributed by atoms with Crippen molar-refractivity contribution in [1.82, 2.24) is 4.98 Å². The summed E-state index contributed by atoms with van der Waals surface area (Å²) >= 11 is 0. The molecule has 0 aliphatic carbocycles. The SMILES string of the molecule is N#Cc1cccc(NC(=O)c2cc(N3CC[C@H](F)C3)nc3c2CCOCC3)c1. The Balaban J connectivity index is 1.69. The predicted molar refractivity (Wildman–Crippen MR) is 103 cm³/mol. The minimum Gasteiger partial charge on any atom is -0.381 e. The van der Waals surface area contributed by atoms with Gasteiger partial charge in [0.05, 0.1) is 31.4 Å². The Labute approximate surface area is 162 Å². The number of pyridine rings is 1. The molecule has 1 amide bonds. The van der Waals surface area contributed by atoms with E-state index < -0.39 is 6.17 Å². The Bertz CT molecular complexity index is 940. The molecule has 1 aromatic carbocycles. The summed E-state index contributed by atoms with van der Waals surface area (Å²) in [5.74, 6) is 0.379. The molecule has 3 heterocycles. The Morgan fingerprint density at radius 2 is 2.18 bits per heavy atom. The highest BCUT2D eigenvalue weighted by Gasteiger charge is 2.26. The number of anilines is 2. The maximum Gasteiger partial charge on any atom is 0.256 e. The number of amides is 1. The number of carbonyl (C=O) groups is 1. The molecular formula is C21H21FN4O2. The summed E-state index contributed by atoms with van der Waals surface area (Å²) < 4.78 is 19.2. The summed E-state index contributed by atoms with van der Waals surface area (Å²) in [5.41, 5.74) is 3.30. The lowest BCUT2D eigenvalue weighted by Crippen LogP contribution is -2.24. The van der Waals surface area contributed by atoms with Crippen molar-refractivity contribution in [2.24, 2.45) is 0 Å². The molecular weight excluding hydrogens is 359 g/mol. The van der Waals surface area contributed by atoms with Crippen molar-refractivity contribution >= 4 is 17.4 Å². The van der Waals surface area contributed by atoms with Crippen LogP contribution in [0.2, 0.25) is 0 Å². The van der Waals surface area contributed by atoms with Crippen LogP contribution < -0.4 is 10.2 Å². The first-order valence-electron chi connectivity index (χ1n) is 9.45. The predicted octanol–water partition coefficient (Wildman–Crippen LogP) is 2.87. The largest absolute Gasteiger partial charge is 0.381 e. The molecule has 1 N–H and O–H groups in total. The lowest BCUT2D eigenvalue weighted by molar-refractivity contribution is 0.102. The maximum absolute atomic E-state index is 13.7. The molecule has 6 nitrogen and oxygen atoms in total. The number of nitriles is 1. The molecule has 0 radical (unpaired) electrons. The first-order chi connectivity index (χ1) is 13.6. The Hall–Kier alpha value is -2.98. The van der Waals surface area contributed by atoms with Crippen LogP contribution in [0.15, 0.2) is 30.3 Å². The highest BCUT2D eigenvalue weighted by Crippen LogP contribution is 2.27. The van der Waals surface area contributed by atoms with Gasteiger partial charge in [-0.1, -0.05) is 6.07 Å². The number of hydrogen-bond acceptors (Lipinski definition) is 5. The van der Waals surface area contributed by atoms with Crippen molar-refractivity contribution in [3.63, 3.8) is 0 Å². The molecule has 7 heteroatoms. The standard InChI is InChI=1S/C21H21FN4O2/c22-15-4-7-26(13-15)20-11-18(17-5-8-28-9-6-19(17)25-20)21(27)24-16-3-1-2-14(10-16)12-23/h1-3,10-11,15H,4-9,13H2,(H,24,27)/t15-/m0/s1. The van der Waals surface area contributed by atoms with E-state index >= 15 is 0 Å². The zero-order valence-corrected chi connectivity index (χ0v) is 15.4. The molecule has 1 saturated heterocycles. The second-order valence-corrected chi connectivity index (χ2v) is 7.04. The highest BCUT2D eigenvalue weighted by molar-refractivity contribution is 6.06. The second-order valence-electron chi connectivity index (χ2n) is 7.04. The van der Waals surface area contributed by atoms with Gasteiger partial charge >= 0.3 is 0 Å². The average Bonchev–Trinajstić information content (AvgIpc) is 3.00. The number of nitrogens with zero attached hydrogens (tertiary/aromatic N) is 3. The van der Waals surface area contributed by atoms with Crippen LogP contribution in [-0.2, 0) is 17.6 Å². The van der Waals surface area contributed by atoms with Crippen molar-refractivity contribution < 1.29 is 13.9 Å². The molecule has 1 fully saturated rings. The molecule has 0 spiro atoms. The number of halogens is 1. The van der Waals surface area contributed by atoms with E-state index in [9.17, 15) is 9.18 Å². The number of ether oxygens (including phenoxy) is 1. The van der Waals surface area contributed by atoms with Crippen LogP contribution in [0.5, 0.6) is 0 Å². The third-order valence-corrected chi connectivity index (χ3v) is 5.12. The molecule has 0 saturated carbocycles. The van der Waals surface area contributed by atoms with E-state index in [1.165, 1.54) is 0 Å². The normalized spacial score (nSPS) is 18.9. The van der Waals surface area contributed by atoms with Gasteiger partial charge in [0.15, 0.2) is 0 Å². The van der Waals surface area contributed by atoms with E-state index in [0.717, 1.165) is 11.3 Å². The van der Waals surface area contributed by atoms with Gasteiger partial charge in [0, 0.05) is 29.9 Å². The fourth-order valence-electron chi connectivity index (χ4n) is 3.70. The van der Waals surface area contributed by atoms with Crippen LogP contribution in [0.25, 0.3) is 0 Å². The summed E-state index contributed by atoms with van der Waals surface area (Å²) in [6, 6.07) is 10.6.